The molecule has 0 radical (unpaired) electrons. The SMILES string of the molecule is CCOC(=O)N1c2ccc(OC)cc2[C@@](C)(c2ccccc2)[C@@]1(/C=N/S(=O)(=O)c1ccc(C)cc1)c1ccccc1. The van der Waals surface area contributed by atoms with Gasteiger partial charge in [-0.25, -0.2) is 4.79 Å². The summed E-state index contributed by atoms with van der Waals surface area (Å²) in [6.45, 7) is 5.75. The van der Waals surface area contributed by atoms with E-state index in [4.69, 9.17) is 9.47 Å². The summed E-state index contributed by atoms with van der Waals surface area (Å²) in [5.74, 6) is 0.600. The van der Waals surface area contributed by atoms with Crippen molar-refractivity contribution >= 4 is 28.0 Å². The third-order valence-electron chi connectivity index (χ3n) is 7.81. The van der Waals surface area contributed by atoms with Crippen LogP contribution in [0.15, 0.2) is 112 Å². The summed E-state index contributed by atoms with van der Waals surface area (Å²) in [6.07, 6.45) is 0.773. The molecule has 1 amide bonds. The zero-order chi connectivity index (χ0) is 29.3. The standard InChI is InChI=1S/C33H32N2O5S/c1-5-40-31(36)35-30-21-18-27(39-4)22-29(30)32(3,25-12-8-6-9-13-25)33(35,26-14-10-7-11-15-26)23-34-41(37,38)28-19-16-24(2)17-20-28/h6-23H,5H2,1-4H3/b34-23+/t32-,33-/m1/s1. The maximum absolute atomic E-state index is 14.0. The number of carbonyl (C=O) groups excluding carboxylic acids is 1. The number of carbonyl (C=O) groups is 1. The van der Waals surface area contributed by atoms with Gasteiger partial charge in [0.25, 0.3) is 10.0 Å². The van der Waals surface area contributed by atoms with E-state index < -0.39 is 27.1 Å². The number of hydrogen-bond donors (Lipinski definition) is 0. The van der Waals surface area contributed by atoms with Crippen LogP contribution in [0, 0.1) is 6.92 Å². The van der Waals surface area contributed by atoms with Gasteiger partial charge in [0, 0.05) is 0 Å². The molecule has 0 saturated carbocycles. The van der Waals surface area contributed by atoms with Gasteiger partial charge < -0.3 is 9.47 Å². The van der Waals surface area contributed by atoms with Gasteiger partial charge in [0.15, 0.2) is 0 Å². The fraction of sp³-hybridized carbons (Fsp3) is 0.212. The number of ether oxygens (including phenoxy) is 2. The molecule has 0 fully saturated rings. The maximum atomic E-state index is 14.0. The van der Waals surface area contributed by atoms with Crippen LogP contribution in [-0.4, -0.2) is 34.4 Å². The van der Waals surface area contributed by atoms with E-state index in [0.717, 1.165) is 16.7 Å². The molecule has 0 aliphatic carbocycles. The van der Waals surface area contributed by atoms with E-state index in [-0.39, 0.29) is 11.5 Å². The van der Waals surface area contributed by atoms with Crippen molar-refractivity contribution in [3.63, 3.8) is 0 Å². The molecule has 1 aliphatic rings. The molecule has 8 heteroatoms. The minimum Gasteiger partial charge on any atom is -0.497 e. The van der Waals surface area contributed by atoms with E-state index in [1.165, 1.54) is 23.2 Å². The van der Waals surface area contributed by atoms with E-state index in [0.29, 0.717) is 17.0 Å². The topological polar surface area (TPSA) is 85.3 Å². The molecule has 4 aromatic carbocycles. The lowest BCUT2D eigenvalue weighted by Gasteiger charge is -2.46. The number of hydrogen-bond acceptors (Lipinski definition) is 5. The minimum absolute atomic E-state index is 0.0591. The maximum Gasteiger partial charge on any atom is 0.415 e. The zero-order valence-electron chi connectivity index (χ0n) is 23.4. The van der Waals surface area contributed by atoms with Gasteiger partial charge in [0.05, 0.1) is 35.9 Å². The highest BCUT2D eigenvalue weighted by atomic mass is 32.2. The number of aryl methyl sites for hydroxylation is 1. The second kappa shape index (κ2) is 10.9. The molecule has 0 N–H and O–H groups in total. The Morgan fingerprint density at radius 3 is 2.10 bits per heavy atom. The number of fused-ring (bicyclic) bond motifs is 1. The van der Waals surface area contributed by atoms with E-state index in [1.54, 1.807) is 38.3 Å². The van der Waals surface area contributed by atoms with Gasteiger partial charge in [-0.05, 0) is 67.8 Å². The Labute approximate surface area is 241 Å². The first-order chi connectivity index (χ1) is 19.7. The summed E-state index contributed by atoms with van der Waals surface area (Å²) in [6, 6.07) is 31.0. The Morgan fingerprint density at radius 2 is 1.51 bits per heavy atom. The average Bonchev–Trinajstić information content (AvgIpc) is 3.23. The van der Waals surface area contributed by atoms with Gasteiger partial charge >= 0.3 is 6.09 Å². The summed E-state index contributed by atoms with van der Waals surface area (Å²) in [7, 11) is -2.56. The Hall–Kier alpha value is -4.43. The quantitative estimate of drug-likeness (QED) is 0.233. The lowest BCUT2D eigenvalue weighted by atomic mass is 9.62. The highest BCUT2D eigenvalue weighted by Crippen LogP contribution is 2.60. The van der Waals surface area contributed by atoms with Crippen molar-refractivity contribution in [2.45, 2.75) is 36.6 Å². The summed E-state index contributed by atoms with van der Waals surface area (Å²) in [5.41, 5.74) is 1.30. The van der Waals surface area contributed by atoms with Gasteiger partial charge in [-0.3, -0.25) is 4.90 Å². The van der Waals surface area contributed by atoms with Crippen LogP contribution in [0.2, 0.25) is 0 Å². The van der Waals surface area contributed by atoms with Crippen LogP contribution in [0.4, 0.5) is 10.5 Å². The fourth-order valence-electron chi connectivity index (χ4n) is 5.72. The number of benzene rings is 4. The summed E-state index contributed by atoms with van der Waals surface area (Å²) < 4.78 is 42.8. The van der Waals surface area contributed by atoms with Crippen LogP contribution in [0.5, 0.6) is 5.75 Å². The first-order valence-electron chi connectivity index (χ1n) is 13.3. The van der Waals surface area contributed by atoms with E-state index >= 15 is 0 Å². The average molecular weight is 569 g/mol. The third-order valence-corrected chi connectivity index (χ3v) is 9.06. The molecule has 0 saturated heterocycles. The molecular formula is C33H32N2O5S. The molecule has 0 aromatic heterocycles. The monoisotopic (exact) mass is 568 g/mol. The fourth-order valence-corrected chi connectivity index (χ4v) is 6.62. The highest BCUT2D eigenvalue weighted by Gasteiger charge is 2.63. The van der Waals surface area contributed by atoms with Crippen LogP contribution in [0.25, 0.3) is 0 Å². The molecule has 0 spiro atoms. The second-order valence-electron chi connectivity index (χ2n) is 10.1. The van der Waals surface area contributed by atoms with Crippen molar-refractivity contribution in [1.82, 2.24) is 0 Å². The molecule has 0 unspecified atom stereocenters. The predicted molar refractivity (Wildman–Crippen MR) is 160 cm³/mol. The van der Waals surface area contributed by atoms with Crippen molar-refractivity contribution in [2.24, 2.45) is 4.40 Å². The minimum atomic E-state index is -4.14. The molecule has 4 aromatic rings. The highest BCUT2D eigenvalue weighted by molar-refractivity contribution is 7.90. The molecule has 7 nitrogen and oxygen atoms in total. The first-order valence-corrected chi connectivity index (χ1v) is 14.8. The number of methoxy groups -OCH3 is 1. The largest absolute Gasteiger partial charge is 0.497 e. The van der Waals surface area contributed by atoms with Crippen LogP contribution in [-0.2, 0) is 25.7 Å². The van der Waals surface area contributed by atoms with Crippen LogP contribution in [0.1, 0.15) is 36.1 Å². The Morgan fingerprint density at radius 1 is 0.902 bits per heavy atom. The molecule has 5 rings (SSSR count). The number of anilines is 1. The van der Waals surface area contributed by atoms with Crippen molar-refractivity contribution in [3.05, 3.63) is 125 Å². The summed E-state index contributed by atoms with van der Waals surface area (Å²) in [4.78, 5) is 15.6. The Kier molecular flexibility index (Phi) is 7.44. The van der Waals surface area contributed by atoms with Gasteiger partial charge in [-0.15, -0.1) is 0 Å². The Bertz CT molecular complexity index is 1690. The first kappa shape index (κ1) is 28.1. The number of amides is 1. The van der Waals surface area contributed by atoms with Crippen LogP contribution < -0.4 is 9.64 Å². The molecular weight excluding hydrogens is 536 g/mol. The van der Waals surface area contributed by atoms with Gasteiger partial charge in [-0.1, -0.05) is 78.4 Å². The van der Waals surface area contributed by atoms with E-state index in [2.05, 4.69) is 4.40 Å². The lowest BCUT2D eigenvalue weighted by Crippen LogP contribution is -2.58. The molecule has 1 heterocycles. The smallest absolute Gasteiger partial charge is 0.415 e. The number of rotatable bonds is 7. The summed E-state index contributed by atoms with van der Waals surface area (Å²) >= 11 is 0. The molecule has 210 valence electrons. The van der Waals surface area contributed by atoms with Crippen molar-refractivity contribution in [2.75, 3.05) is 18.6 Å². The van der Waals surface area contributed by atoms with Crippen molar-refractivity contribution in [1.29, 1.82) is 0 Å². The van der Waals surface area contributed by atoms with E-state index in [9.17, 15) is 13.2 Å². The number of sulfonamides is 1. The number of nitrogens with zero attached hydrogens (tertiary/aromatic N) is 2. The van der Waals surface area contributed by atoms with Crippen LogP contribution in [0.3, 0.4) is 0 Å². The van der Waals surface area contributed by atoms with Crippen molar-refractivity contribution < 1.29 is 22.7 Å². The molecule has 1 aliphatic heterocycles. The molecule has 41 heavy (non-hydrogen) atoms. The van der Waals surface area contributed by atoms with E-state index in [1.807, 2.05) is 80.6 Å². The molecule has 0 bridgehead atoms. The molecule has 2 atom stereocenters. The normalized spacial score (nSPS) is 20.1. The second-order valence-corrected chi connectivity index (χ2v) is 11.7. The third kappa shape index (κ3) is 4.58. The van der Waals surface area contributed by atoms with Crippen molar-refractivity contribution in [3.8, 4) is 5.75 Å². The van der Waals surface area contributed by atoms with Crippen LogP contribution >= 0.6 is 0 Å². The zero-order valence-corrected chi connectivity index (χ0v) is 24.3. The predicted octanol–water partition coefficient (Wildman–Crippen LogP) is 6.64. The Balaban J connectivity index is 1.90. The summed E-state index contributed by atoms with van der Waals surface area (Å²) in [5, 5.41) is 0. The van der Waals surface area contributed by atoms with Gasteiger partial charge in [0.2, 0.25) is 0 Å². The lowest BCUT2D eigenvalue weighted by molar-refractivity contribution is 0.153. The van der Waals surface area contributed by atoms with Gasteiger partial charge in [0.1, 0.15) is 11.3 Å². The van der Waals surface area contributed by atoms with Gasteiger partial charge in [-0.2, -0.15) is 12.8 Å².